The van der Waals surface area contributed by atoms with Crippen LogP contribution in [0.5, 0.6) is 0 Å². The van der Waals surface area contributed by atoms with Crippen LogP contribution in [0.15, 0.2) is 10.9 Å². The van der Waals surface area contributed by atoms with Crippen molar-refractivity contribution in [2.24, 2.45) is 7.05 Å². The van der Waals surface area contributed by atoms with E-state index in [2.05, 4.69) is 5.10 Å². The Kier molecular flexibility index (Phi) is 3.33. The van der Waals surface area contributed by atoms with Crippen molar-refractivity contribution in [1.29, 1.82) is 0 Å². The predicted octanol–water partition coefficient (Wildman–Crippen LogP) is -0.588. The van der Waals surface area contributed by atoms with Gasteiger partial charge in [-0.25, -0.2) is 0 Å². The summed E-state index contributed by atoms with van der Waals surface area (Å²) in [6, 6.07) is 1.62. The van der Waals surface area contributed by atoms with Gasteiger partial charge in [0.05, 0.1) is 0 Å². The average Bonchev–Trinajstić information content (AvgIpc) is 2.69. The molecule has 0 saturated carbocycles. The number of aromatic nitrogens is 2. The number of likely N-dealkylation sites (tertiary alicyclic amines) is 1. The Morgan fingerprint density at radius 3 is 2.65 bits per heavy atom. The summed E-state index contributed by atoms with van der Waals surface area (Å²) in [4.78, 5) is 24.3. The summed E-state index contributed by atoms with van der Waals surface area (Å²) in [7, 11) is 1.69. The van der Waals surface area contributed by atoms with Gasteiger partial charge in [0, 0.05) is 37.8 Å². The zero-order valence-electron chi connectivity index (χ0n) is 9.85. The van der Waals surface area contributed by atoms with Crippen LogP contribution in [-0.4, -0.2) is 45.4 Å². The highest BCUT2D eigenvalue weighted by Gasteiger charge is 2.24. The number of aromatic amines is 1. The molecule has 1 aliphatic heterocycles. The Balaban J connectivity index is 1.99. The molecule has 0 radical (unpaired) electrons. The highest BCUT2D eigenvalue weighted by Crippen LogP contribution is 2.25. The van der Waals surface area contributed by atoms with Crippen molar-refractivity contribution in [1.82, 2.24) is 14.7 Å². The van der Waals surface area contributed by atoms with Crippen LogP contribution in [0, 0.1) is 0 Å². The van der Waals surface area contributed by atoms with Crippen LogP contribution in [0.2, 0.25) is 0 Å². The van der Waals surface area contributed by atoms with Gasteiger partial charge >= 0.3 is 0 Å². The first kappa shape index (κ1) is 11.9. The average molecular weight is 239 g/mol. The van der Waals surface area contributed by atoms with E-state index < -0.39 is 6.61 Å². The van der Waals surface area contributed by atoms with Crippen LogP contribution < -0.4 is 5.56 Å². The van der Waals surface area contributed by atoms with Crippen LogP contribution in [0.1, 0.15) is 24.5 Å². The summed E-state index contributed by atoms with van der Waals surface area (Å²) in [6.45, 7) is 0.856. The van der Waals surface area contributed by atoms with E-state index in [0.717, 1.165) is 18.5 Å². The Hall–Kier alpha value is -1.56. The molecule has 1 aliphatic rings. The van der Waals surface area contributed by atoms with Gasteiger partial charge in [0.1, 0.15) is 6.61 Å². The third-order valence-electron chi connectivity index (χ3n) is 3.33. The summed E-state index contributed by atoms with van der Waals surface area (Å²) in [5.41, 5.74) is 0.905. The standard InChI is InChI=1S/C11H17N3O3/c1-13-10(16)6-9(12-13)8-2-4-14(5-3-8)11(17)7-15/h6,8,12,15H,2-5,7H2,1H3. The van der Waals surface area contributed by atoms with E-state index in [1.165, 1.54) is 4.68 Å². The lowest BCUT2D eigenvalue weighted by Crippen LogP contribution is -2.39. The zero-order valence-corrected chi connectivity index (χ0v) is 9.85. The second-order valence-electron chi connectivity index (χ2n) is 4.42. The molecule has 0 aliphatic carbocycles. The fourth-order valence-corrected chi connectivity index (χ4v) is 2.26. The highest BCUT2D eigenvalue weighted by atomic mass is 16.3. The van der Waals surface area contributed by atoms with Crippen molar-refractivity contribution < 1.29 is 9.90 Å². The summed E-state index contributed by atoms with van der Waals surface area (Å²) in [6.07, 6.45) is 1.65. The van der Waals surface area contributed by atoms with Crippen LogP contribution in [0.25, 0.3) is 0 Å². The maximum Gasteiger partial charge on any atom is 0.266 e. The molecule has 0 spiro atoms. The molecule has 2 heterocycles. The monoisotopic (exact) mass is 239 g/mol. The lowest BCUT2D eigenvalue weighted by molar-refractivity contribution is -0.135. The molecule has 94 valence electrons. The minimum atomic E-state index is -0.424. The van der Waals surface area contributed by atoms with Gasteiger partial charge in [0.15, 0.2) is 0 Å². The van der Waals surface area contributed by atoms with Gasteiger partial charge in [-0.05, 0) is 12.8 Å². The van der Waals surface area contributed by atoms with Crippen molar-refractivity contribution in [2.45, 2.75) is 18.8 Å². The van der Waals surface area contributed by atoms with Crippen LogP contribution in [-0.2, 0) is 11.8 Å². The number of carbonyl (C=O) groups excluding carboxylic acids is 1. The molecular formula is C11H17N3O3. The number of hydrogen-bond acceptors (Lipinski definition) is 3. The van der Waals surface area contributed by atoms with Gasteiger partial charge in [-0.2, -0.15) is 0 Å². The predicted molar refractivity (Wildman–Crippen MR) is 61.7 cm³/mol. The number of aryl methyl sites for hydroxylation is 1. The van der Waals surface area contributed by atoms with Crippen LogP contribution >= 0.6 is 0 Å². The summed E-state index contributed by atoms with van der Waals surface area (Å²) < 4.78 is 1.46. The second kappa shape index (κ2) is 4.75. The Morgan fingerprint density at radius 2 is 2.18 bits per heavy atom. The smallest absolute Gasteiger partial charge is 0.266 e. The van der Waals surface area contributed by atoms with Crippen molar-refractivity contribution in [2.75, 3.05) is 19.7 Å². The van der Waals surface area contributed by atoms with E-state index in [9.17, 15) is 9.59 Å². The van der Waals surface area contributed by atoms with E-state index >= 15 is 0 Å². The molecule has 0 aromatic carbocycles. The third kappa shape index (κ3) is 2.41. The maximum atomic E-state index is 11.3. The van der Waals surface area contributed by atoms with E-state index in [0.29, 0.717) is 19.0 Å². The molecule has 1 aromatic rings. The van der Waals surface area contributed by atoms with Crippen molar-refractivity contribution >= 4 is 5.91 Å². The number of piperidine rings is 1. The van der Waals surface area contributed by atoms with Crippen LogP contribution in [0.4, 0.5) is 0 Å². The Bertz CT molecular complexity index is 455. The zero-order chi connectivity index (χ0) is 12.4. The Morgan fingerprint density at radius 1 is 1.53 bits per heavy atom. The number of aliphatic hydroxyl groups excluding tert-OH is 1. The third-order valence-corrected chi connectivity index (χ3v) is 3.33. The fourth-order valence-electron chi connectivity index (χ4n) is 2.26. The molecule has 0 bridgehead atoms. The van der Waals surface area contributed by atoms with Gasteiger partial charge in [-0.3, -0.25) is 19.4 Å². The Labute approximate surface area is 98.8 Å². The topological polar surface area (TPSA) is 78.3 Å². The van der Waals surface area contributed by atoms with Crippen molar-refractivity contribution in [3.05, 3.63) is 22.1 Å². The quantitative estimate of drug-likeness (QED) is 0.724. The molecule has 1 amide bonds. The normalized spacial score (nSPS) is 17.4. The number of aliphatic hydroxyl groups is 1. The molecular weight excluding hydrogens is 222 g/mol. The van der Waals surface area contributed by atoms with E-state index in [-0.39, 0.29) is 11.5 Å². The number of nitrogens with one attached hydrogen (secondary N) is 1. The van der Waals surface area contributed by atoms with Crippen molar-refractivity contribution in [3.63, 3.8) is 0 Å². The maximum absolute atomic E-state index is 11.3. The van der Waals surface area contributed by atoms with Gasteiger partial charge in [-0.15, -0.1) is 0 Å². The van der Waals surface area contributed by atoms with E-state index in [4.69, 9.17) is 5.11 Å². The molecule has 1 fully saturated rings. The highest BCUT2D eigenvalue weighted by molar-refractivity contribution is 5.77. The number of nitrogens with zero attached hydrogens (tertiary/aromatic N) is 2. The summed E-state index contributed by atoms with van der Waals surface area (Å²) >= 11 is 0. The van der Waals surface area contributed by atoms with E-state index in [1.807, 2.05) is 0 Å². The summed E-state index contributed by atoms with van der Waals surface area (Å²) in [5.74, 6) is 0.0802. The van der Waals surface area contributed by atoms with Gasteiger partial charge in [0.2, 0.25) is 5.91 Å². The van der Waals surface area contributed by atoms with Crippen molar-refractivity contribution in [3.8, 4) is 0 Å². The molecule has 6 heteroatoms. The minimum absolute atomic E-state index is 0.0335. The lowest BCUT2D eigenvalue weighted by Gasteiger charge is -2.31. The van der Waals surface area contributed by atoms with Crippen LogP contribution in [0.3, 0.4) is 0 Å². The van der Waals surface area contributed by atoms with Gasteiger partial charge in [0.25, 0.3) is 5.56 Å². The number of hydrogen-bond donors (Lipinski definition) is 2. The first-order valence-electron chi connectivity index (χ1n) is 5.76. The van der Waals surface area contributed by atoms with E-state index in [1.54, 1.807) is 18.0 Å². The number of amides is 1. The molecule has 2 N–H and O–H groups in total. The molecule has 17 heavy (non-hydrogen) atoms. The van der Waals surface area contributed by atoms with Gasteiger partial charge < -0.3 is 10.0 Å². The molecule has 1 saturated heterocycles. The molecule has 1 aromatic heterocycles. The van der Waals surface area contributed by atoms with Gasteiger partial charge in [-0.1, -0.05) is 0 Å². The number of carbonyl (C=O) groups is 1. The molecule has 6 nitrogen and oxygen atoms in total. The minimum Gasteiger partial charge on any atom is -0.387 e. The largest absolute Gasteiger partial charge is 0.387 e. The fraction of sp³-hybridized carbons (Fsp3) is 0.636. The molecule has 0 atom stereocenters. The molecule has 2 rings (SSSR count). The SMILES string of the molecule is Cn1[nH]c(C2CCN(C(=O)CO)CC2)cc1=O. The first-order valence-corrected chi connectivity index (χ1v) is 5.76. The second-order valence-corrected chi connectivity index (χ2v) is 4.42. The molecule has 0 unspecified atom stereocenters. The first-order chi connectivity index (χ1) is 8.11. The summed E-state index contributed by atoms with van der Waals surface area (Å²) in [5, 5.41) is 11.8. The lowest BCUT2D eigenvalue weighted by atomic mass is 9.94. The number of rotatable bonds is 2. The number of H-pyrrole nitrogens is 1.